The van der Waals surface area contributed by atoms with Gasteiger partial charge in [-0.1, -0.05) is 29.8 Å². The first-order valence-corrected chi connectivity index (χ1v) is 6.72. The predicted octanol–water partition coefficient (Wildman–Crippen LogP) is 4.50. The van der Waals surface area contributed by atoms with Crippen LogP contribution < -0.4 is 9.47 Å². The molecule has 0 heterocycles. The summed E-state index contributed by atoms with van der Waals surface area (Å²) in [6, 6.07) is 13.4. The van der Waals surface area contributed by atoms with E-state index in [1.54, 1.807) is 13.3 Å². The molecular formula is C16H16ClNO2. The molecule has 0 aromatic heterocycles. The average molecular weight is 290 g/mol. The topological polar surface area (TPSA) is 30.8 Å². The molecule has 3 nitrogen and oxygen atoms in total. The molecule has 0 spiro atoms. The molecule has 104 valence electrons. The van der Waals surface area contributed by atoms with Crippen molar-refractivity contribution in [3.05, 3.63) is 53.1 Å². The molecule has 0 aliphatic heterocycles. The Labute approximate surface area is 123 Å². The maximum atomic E-state index is 6.21. The minimum absolute atomic E-state index is 0.515. The van der Waals surface area contributed by atoms with Crippen LogP contribution in [0.25, 0.3) is 0 Å². The van der Waals surface area contributed by atoms with E-state index in [2.05, 4.69) is 4.99 Å². The largest absolute Gasteiger partial charge is 0.493 e. The van der Waals surface area contributed by atoms with E-state index in [1.807, 2.05) is 49.4 Å². The molecule has 0 amide bonds. The minimum Gasteiger partial charge on any atom is -0.493 e. The van der Waals surface area contributed by atoms with Gasteiger partial charge in [0.15, 0.2) is 11.5 Å². The molecule has 0 bridgehead atoms. The summed E-state index contributed by atoms with van der Waals surface area (Å²) in [6.45, 7) is 2.44. The van der Waals surface area contributed by atoms with E-state index in [0.717, 1.165) is 11.3 Å². The zero-order valence-corrected chi connectivity index (χ0v) is 12.2. The van der Waals surface area contributed by atoms with Gasteiger partial charge >= 0.3 is 0 Å². The second-order valence-corrected chi connectivity index (χ2v) is 4.47. The molecule has 2 aromatic rings. The normalized spacial score (nSPS) is 10.8. The molecule has 0 unspecified atom stereocenters. The molecule has 20 heavy (non-hydrogen) atoms. The van der Waals surface area contributed by atoms with Crippen LogP contribution in [0.4, 0.5) is 5.69 Å². The van der Waals surface area contributed by atoms with Crippen LogP contribution in [-0.2, 0) is 0 Å². The molecule has 0 aliphatic rings. The molecular weight excluding hydrogens is 274 g/mol. The zero-order chi connectivity index (χ0) is 14.4. The highest BCUT2D eigenvalue weighted by Crippen LogP contribution is 2.36. The van der Waals surface area contributed by atoms with Crippen LogP contribution in [0.2, 0.25) is 5.02 Å². The number of aliphatic imine (C=N–C) groups is 1. The lowest BCUT2D eigenvalue weighted by molar-refractivity contribution is 0.311. The van der Waals surface area contributed by atoms with Crippen LogP contribution >= 0.6 is 11.6 Å². The summed E-state index contributed by atoms with van der Waals surface area (Å²) in [6.07, 6.45) is 1.75. The SMILES string of the molecule is CCOc1c(Cl)cc(C=Nc2ccccc2)cc1OC. The number of ether oxygens (including phenoxy) is 2. The Morgan fingerprint density at radius 3 is 2.60 bits per heavy atom. The van der Waals surface area contributed by atoms with Crippen molar-refractivity contribution in [2.75, 3.05) is 13.7 Å². The van der Waals surface area contributed by atoms with Crippen molar-refractivity contribution in [3.8, 4) is 11.5 Å². The Morgan fingerprint density at radius 1 is 1.20 bits per heavy atom. The van der Waals surface area contributed by atoms with E-state index < -0.39 is 0 Å². The van der Waals surface area contributed by atoms with Crippen molar-refractivity contribution in [1.82, 2.24) is 0 Å². The van der Waals surface area contributed by atoms with Crippen molar-refractivity contribution >= 4 is 23.5 Å². The summed E-state index contributed by atoms with van der Waals surface area (Å²) in [7, 11) is 1.59. The molecule has 0 saturated heterocycles. The quantitative estimate of drug-likeness (QED) is 0.759. The molecule has 0 aliphatic carbocycles. The van der Waals surface area contributed by atoms with Gasteiger partial charge in [-0.25, -0.2) is 0 Å². The Morgan fingerprint density at radius 2 is 1.95 bits per heavy atom. The number of hydrogen-bond acceptors (Lipinski definition) is 3. The van der Waals surface area contributed by atoms with Crippen LogP contribution in [0, 0.1) is 0 Å². The second-order valence-electron chi connectivity index (χ2n) is 4.06. The summed E-state index contributed by atoms with van der Waals surface area (Å²) < 4.78 is 10.8. The Balaban J connectivity index is 2.29. The fourth-order valence-corrected chi connectivity index (χ4v) is 2.04. The number of halogens is 1. The fourth-order valence-electron chi connectivity index (χ4n) is 1.76. The van der Waals surface area contributed by atoms with Gasteiger partial charge in [-0.3, -0.25) is 4.99 Å². The van der Waals surface area contributed by atoms with Crippen LogP contribution in [0.3, 0.4) is 0 Å². The number of para-hydroxylation sites is 1. The van der Waals surface area contributed by atoms with Gasteiger partial charge in [0.2, 0.25) is 0 Å². The number of methoxy groups -OCH3 is 1. The van der Waals surface area contributed by atoms with Crippen LogP contribution in [0.15, 0.2) is 47.5 Å². The van der Waals surface area contributed by atoms with E-state index in [1.165, 1.54) is 0 Å². The van der Waals surface area contributed by atoms with Gasteiger partial charge in [0.1, 0.15) is 0 Å². The minimum atomic E-state index is 0.515. The Hall–Kier alpha value is -2.00. The van der Waals surface area contributed by atoms with Crippen molar-refractivity contribution in [2.45, 2.75) is 6.92 Å². The van der Waals surface area contributed by atoms with Gasteiger partial charge in [-0.15, -0.1) is 0 Å². The standard InChI is InChI=1S/C16H16ClNO2/c1-3-20-16-14(17)9-12(10-15(16)19-2)11-18-13-7-5-4-6-8-13/h4-11H,3H2,1-2H3. The molecule has 0 fully saturated rings. The zero-order valence-electron chi connectivity index (χ0n) is 11.5. The third-order valence-corrected chi connectivity index (χ3v) is 2.94. The third kappa shape index (κ3) is 3.52. The number of hydrogen-bond donors (Lipinski definition) is 0. The first-order valence-electron chi connectivity index (χ1n) is 6.34. The van der Waals surface area contributed by atoms with E-state index in [4.69, 9.17) is 21.1 Å². The highest BCUT2D eigenvalue weighted by Gasteiger charge is 2.10. The highest BCUT2D eigenvalue weighted by atomic mass is 35.5. The number of nitrogens with zero attached hydrogens (tertiary/aromatic N) is 1. The lowest BCUT2D eigenvalue weighted by Crippen LogP contribution is -1.97. The highest BCUT2D eigenvalue weighted by molar-refractivity contribution is 6.32. The van der Waals surface area contributed by atoms with Gasteiger partial charge in [0.05, 0.1) is 24.4 Å². The van der Waals surface area contributed by atoms with Crippen molar-refractivity contribution in [1.29, 1.82) is 0 Å². The smallest absolute Gasteiger partial charge is 0.179 e. The molecule has 0 N–H and O–H groups in total. The van der Waals surface area contributed by atoms with Crippen LogP contribution in [0.5, 0.6) is 11.5 Å². The molecule has 0 radical (unpaired) electrons. The van der Waals surface area contributed by atoms with Crippen molar-refractivity contribution in [3.63, 3.8) is 0 Å². The molecule has 0 saturated carbocycles. The first kappa shape index (κ1) is 14.4. The molecule has 2 aromatic carbocycles. The van der Waals surface area contributed by atoms with Crippen molar-refractivity contribution < 1.29 is 9.47 Å². The van der Waals surface area contributed by atoms with Gasteiger partial charge in [0, 0.05) is 6.21 Å². The molecule has 0 atom stereocenters. The van der Waals surface area contributed by atoms with Crippen molar-refractivity contribution in [2.24, 2.45) is 4.99 Å². The summed E-state index contributed by atoms with van der Waals surface area (Å²) in [5, 5.41) is 0.515. The monoisotopic (exact) mass is 289 g/mol. The van der Waals surface area contributed by atoms with E-state index >= 15 is 0 Å². The number of benzene rings is 2. The lowest BCUT2D eigenvalue weighted by Gasteiger charge is -2.11. The summed E-state index contributed by atoms with van der Waals surface area (Å²) in [5.41, 5.74) is 1.75. The summed E-state index contributed by atoms with van der Waals surface area (Å²) >= 11 is 6.21. The average Bonchev–Trinajstić information content (AvgIpc) is 2.48. The Kier molecular flexibility index (Phi) is 5.02. The maximum Gasteiger partial charge on any atom is 0.179 e. The third-order valence-electron chi connectivity index (χ3n) is 2.66. The van der Waals surface area contributed by atoms with Crippen LogP contribution in [-0.4, -0.2) is 19.9 Å². The number of rotatable bonds is 5. The summed E-state index contributed by atoms with van der Waals surface area (Å²) in [4.78, 5) is 4.39. The Bertz CT molecular complexity index is 597. The first-order chi connectivity index (χ1) is 9.74. The van der Waals surface area contributed by atoms with Gasteiger partial charge in [-0.2, -0.15) is 0 Å². The molecule has 2 rings (SSSR count). The summed E-state index contributed by atoms with van der Waals surface area (Å²) in [5.74, 6) is 1.17. The fraction of sp³-hybridized carbons (Fsp3) is 0.188. The predicted molar refractivity (Wildman–Crippen MR) is 82.9 cm³/mol. The maximum absolute atomic E-state index is 6.21. The lowest BCUT2D eigenvalue weighted by atomic mass is 10.2. The van der Waals surface area contributed by atoms with Crippen LogP contribution in [0.1, 0.15) is 12.5 Å². The van der Waals surface area contributed by atoms with E-state index in [-0.39, 0.29) is 0 Å². The van der Waals surface area contributed by atoms with E-state index in [0.29, 0.717) is 23.1 Å². The molecule has 4 heteroatoms. The second kappa shape index (κ2) is 6.96. The van der Waals surface area contributed by atoms with E-state index in [9.17, 15) is 0 Å². The van der Waals surface area contributed by atoms with Gasteiger partial charge < -0.3 is 9.47 Å². The van der Waals surface area contributed by atoms with Gasteiger partial charge in [0.25, 0.3) is 0 Å². The van der Waals surface area contributed by atoms with Gasteiger partial charge in [-0.05, 0) is 36.8 Å².